The van der Waals surface area contributed by atoms with Gasteiger partial charge in [-0.1, -0.05) is 36.4 Å². The van der Waals surface area contributed by atoms with E-state index in [0.29, 0.717) is 21.8 Å². The Bertz CT molecular complexity index is 1120. The topological polar surface area (TPSA) is 100 Å². The van der Waals surface area contributed by atoms with E-state index in [1.54, 1.807) is 12.1 Å². The van der Waals surface area contributed by atoms with E-state index in [4.69, 9.17) is 35.5 Å². The first-order chi connectivity index (χ1) is 13.4. The molecule has 2 aromatic heterocycles. The molecule has 4 rings (SSSR count). The van der Waals surface area contributed by atoms with Crippen LogP contribution < -0.4 is 0 Å². The van der Waals surface area contributed by atoms with Crippen LogP contribution in [0.15, 0.2) is 70.7 Å². The van der Waals surface area contributed by atoms with E-state index >= 15 is 0 Å². The van der Waals surface area contributed by atoms with Crippen molar-refractivity contribution >= 4 is 59.0 Å². The summed E-state index contributed by atoms with van der Waals surface area (Å²) >= 11 is 9.70. The van der Waals surface area contributed by atoms with Crippen LogP contribution in [-0.2, 0) is 46.3 Å². The van der Waals surface area contributed by atoms with Crippen LogP contribution >= 0.6 is 0 Å². The number of aromatic carboxylic acids is 2. The summed E-state index contributed by atoms with van der Waals surface area (Å²) in [6, 6.07) is 13.4. The van der Waals surface area contributed by atoms with Gasteiger partial charge in [0.15, 0.2) is 0 Å². The Kier molecular flexibility index (Phi) is 7.56. The third-order valence-corrected chi connectivity index (χ3v) is 4.77. The number of benzene rings is 2. The van der Waals surface area contributed by atoms with E-state index in [0.717, 1.165) is 9.79 Å². The first-order valence-electron chi connectivity index (χ1n) is 7.96. The van der Waals surface area contributed by atoms with Crippen LogP contribution in [0.25, 0.3) is 21.8 Å². The second-order valence-electron chi connectivity index (χ2n) is 5.63. The van der Waals surface area contributed by atoms with Crippen LogP contribution in [0, 0.1) is 0 Å². The summed E-state index contributed by atoms with van der Waals surface area (Å²) in [6.45, 7) is 0. The van der Waals surface area contributed by atoms with E-state index in [-0.39, 0.29) is 32.2 Å². The minimum absolute atomic E-state index is 0. The molecule has 0 saturated heterocycles. The molecule has 0 radical (unpaired) electrons. The SMILES string of the molecule is O=C(O)c1ccnc2c1ccc1c(C(=O)O)ccnc12.[Pt+2].[S-]c1ccccc1[S-]. The van der Waals surface area contributed by atoms with E-state index in [9.17, 15) is 9.59 Å². The molecule has 0 amide bonds. The van der Waals surface area contributed by atoms with Gasteiger partial charge in [-0.2, -0.15) is 9.79 Å². The van der Waals surface area contributed by atoms with E-state index in [1.165, 1.54) is 24.5 Å². The summed E-state index contributed by atoms with van der Waals surface area (Å²) in [5.74, 6) is -2.13. The van der Waals surface area contributed by atoms with Crippen LogP contribution in [0.2, 0.25) is 0 Å². The zero-order chi connectivity index (χ0) is 20.3. The molecular weight excluding hydrogens is 591 g/mol. The Balaban J connectivity index is 0.000000283. The van der Waals surface area contributed by atoms with Gasteiger partial charge in [-0.15, -0.1) is 0 Å². The molecule has 6 nitrogen and oxygen atoms in total. The van der Waals surface area contributed by atoms with E-state index in [1.807, 2.05) is 24.3 Å². The van der Waals surface area contributed by atoms with Crippen molar-refractivity contribution in [3.63, 3.8) is 0 Å². The predicted molar refractivity (Wildman–Crippen MR) is 109 cm³/mol. The summed E-state index contributed by atoms with van der Waals surface area (Å²) in [5.41, 5.74) is 0.981. The Morgan fingerprint density at radius 1 is 0.690 bits per heavy atom. The van der Waals surface area contributed by atoms with Crippen molar-refractivity contribution in [2.75, 3.05) is 0 Å². The molecule has 0 aliphatic heterocycles. The summed E-state index contributed by atoms with van der Waals surface area (Å²) in [7, 11) is 0. The molecule has 2 heterocycles. The van der Waals surface area contributed by atoms with Crippen LogP contribution in [0.4, 0.5) is 0 Å². The minimum Gasteiger partial charge on any atom is -0.781 e. The minimum atomic E-state index is -1.06. The van der Waals surface area contributed by atoms with E-state index in [2.05, 4.69) is 9.97 Å². The maximum absolute atomic E-state index is 11.2. The summed E-state index contributed by atoms with van der Waals surface area (Å²) < 4.78 is 0. The van der Waals surface area contributed by atoms with Gasteiger partial charge < -0.3 is 35.5 Å². The number of carboxylic acids is 2. The quantitative estimate of drug-likeness (QED) is 0.265. The van der Waals surface area contributed by atoms with Gasteiger partial charge in [0.25, 0.3) is 0 Å². The van der Waals surface area contributed by atoms with Crippen LogP contribution in [-0.4, -0.2) is 32.1 Å². The van der Waals surface area contributed by atoms with Gasteiger partial charge >= 0.3 is 33.0 Å². The molecule has 0 bridgehead atoms. The second-order valence-corrected chi connectivity index (χ2v) is 6.51. The smallest absolute Gasteiger partial charge is 0.781 e. The number of pyridine rings is 2. The first kappa shape index (κ1) is 22.6. The molecule has 29 heavy (non-hydrogen) atoms. The van der Waals surface area contributed by atoms with Crippen molar-refractivity contribution in [1.29, 1.82) is 0 Å². The number of fused-ring (bicyclic) bond motifs is 3. The fourth-order valence-electron chi connectivity index (χ4n) is 2.65. The Labute approximate surface area is 191 Å². The molecule has 0 aliphatic carbocycles. The molecule has 2 aromatic carbocycles. The van der Waals surface area contributed by atoms with Crippen LogP contribution in [0.1, 0.15) is 20.7 Å². The van der Waals surface area contributed by atoms with Gasteiger partial charge in [0.1, 0.15) is 0 Å². The summed E-state index contributed by atoms with van der Waals surface area (Å²) in [5, 5.41) is 19.2. The Hall–Kier alpha value is -2.67. The molecule has 0 unspecified atom stereocenters. The molecule has 0 atom stereocenters. The molecule has 148 valence electrons. The molecule has 0 aliphatic rings. The molecular formula is C20H12N2O4PtS2. The van der Waals surface area contributed by atoms with Gasteiger partial charge in [0.2, 0.25) is 0 Å². The Morgan fingerprint density at radius 2 is 1.07 bits per heavy atom. The molecule has 9 heteroatoms. The number of hydrogen-bond donors (Lipinski definition) is 2. The fourth-order valence-corrected chi connectivity index (χ4v) is 2.94. The predicted octanol–water partition coefficient (Wildman–Crippen LogP) is 3.68. The monoisotopic (exact) mass is 603 g/mol. The number of aromatic nitrogens is 2. The standard InChI is InChI=1S/C14H8N2O4.C6H6S2.Pt/c17-13(18)9-3-5-15-11-7(9)1-2-8-10(14(19)20)4-6-16-12(8)11;7-5-3-1-2-4-6(5)8;/h1-6H,(H,17,18)(H,19,20);1-4,7-8H;/q;;+2/p-2. The molecule has 2 N–H and O–H groups in total. The first-order valence-corrected chi connectivity index (χ1v) is 8.78. The van der Waals surface area contributed by atoms with Crippen molar-refractivity contribution in [1.82, 2.24) is 9.97 Å². The number of carboxylic acid groups (broad SMARTS) is 2. The van der Waals surface area contributed by atoms with Gasteiger partial charge in [-0.05, 0) is 12.1 Å². The molecule has 0 fully saturated rings. The maximum Gasteiger partial charge on any atom is 2.00 e. The van der Waals surface area contributed by atoms with Gasteiger partial charge in [-0.25, -0.2) is 9.59 Å². The normalized spacial score (nSPS) is 9.93. The van der Waals surface area contributed by atoms with Gasteiger partial charge in [-0.3, -0.25) is 9.97 Å². The zero-order valence-electron chi connectivity index (χ0n) is 14.5. The number of carbonyl (C=O) groups is 2. The fraction of sp³-hybridized carbons (Fsp3) is 0. The van der Waals surface area contributed by atoms with Crippen LogP contribution in [0.5, 0.6) is 0 Å². The van der Waals surface area contributed by atoms with Crippen molar-refractivity contribution in [3.8, 4) is 0 Å². The molecule has 0 spiro atoms. The third-order valence-electron chi connectivity index (χ3n) is 3.93. The summed E-state index contributed by atoms with van der Waals surface area (Å²) in [6.07, 6.45) is 2.75. The van der Waals surface area contributed by atoms with Crippen molar-refractivity contribution < 1.29 is 40.9 Å². The Morgan fingerprint density at radius 3 is 1.38 bits per heavy atom. The number of nitrogens with zero attached hydrogens (tertiary/aromatic N) is 2. The second kappa shape index (κ2) is 9.69. The average Bonchev–Trinajstić information content (AvgIpc) is 2.69. The largest absolute Gasteiger partial charge is 2.00 e. The maximum atomic E-state index is 11.2. The average molecular weight is 604 g/mol. The van der Waals surface area contributed by atoms with Crippen molar-refractivity contribution in [3.05, 3.63) is 72.1 Å². The molecule has 0 saturated carbocycles. The van der Waals surface area contributed by atoms with E-state index < -0.39 is 11.9 Å². The van der Waals surface area contributed by atoms with Crippen molar-refractivity contribution in [2.45, 2.75) is 9.79 Å². The van der Waals surface area contributed by atoms with Gasteiger partial charge in [0, 0.05) is 23.2 Å². The summed E-state index contributed by atoms with van der Waals surface area (Å²) in [4.78, 5) is 32.2. The number of hydrogen-bond acceptors (Lipinski definition) is 6. The third kappa shape index (κ3) is 4.85. The number of rotatable bonds is 2. The zero-order valence-corrected chi connectivity index (χ0v) is 18.4. The molecule has 4 aromatic rings. The van der Waals surface area contributed by atoms with Crippen molar-refractivity contribution in [2.24, 2.45) is 0 Å². The van der Waals surface area contributed by atoms with Gasteiger partial charge in [0.05, 0.1) is 22.2 Å². The van der Waals surface area contributed by atoms with Crippen LogP contribution in [0.3, 0.4) is 0 Å².